The van der Waals surface area contributed by atoms with Gasteiger partial charge in [-0.1, -0.05) is 6.07 Å². The van der Waals surface area contributed by atoms with Crippen LogP contribution >= 0.6 is 0 Å². The van der Waals surface area contributed by atoms with Gasteiger partial charge in [0.05, 0.1) is 17.7 Å². The third-order valence-electron chi connectivity index (χ3n) is 4.62. The standard InChI is InChI=1S/C18H22N4O5/c23-10-9-19-7-2-8-20-12-4-1-3-11-15(12)18(27)22(17(11)26)13-5-6-14(24)21-16(13)25/h1,3-4,13,19-20,23H,2,5-10H2,(H,21,24,25)/p+1. The first-order valence-electron chi connectivity index (χ1n) is 8.98. The van der Waals surface area contributed by atoms with Crippen molar-refractivity contribution in [1.82, 2.24) is 15.5 Å². The van der Waals surface area contributed by atoms with E-state index >= 15 is 0 Å². The molecule has 0 spiro atoms. The number of hydrogen-bond donors (Lipinski definition) is 3. The Labute approximate surface area is 156 Å². The van der Waals surface area contributed by atoms with E-state index in [2.05, 4.69) is 16.0 Å². The molecule has 9 nitrogen and oxygen atoms in total. The van der Waals surface area contributed by atoms with Gasteiger partial charge >= 0.3 is 0 Å². The van der Waals surface area contributed by atoms with Gasteiger partial charge < -0.3 is 15.7 Å². The Morgan fingerprint density at radius 1 is 1.11 bits per heavy atom. The summed E-state index contributed by atoms with van der Waals surface area (Å²) >= 11 is 0. The number of hydrogen-bond acceptors (Lipinski definition) is 6. The van der Waals surface area contributed by atoms with Crippen LogP contribution < -0.4 is 16.0 Å². The summed E-state index contributed by atoms with van der Waals surface area (Å²) in [6.07, 6.45) is 1.03. The number of imide groups is 2. The quantitative estimate of drug-likeness (QED) is 0.310. The first kappa shape index (κ1) is 19.0. The maximum Gasteiger partial charge on any atom is 0.264 e. The largest absolute Gasteiger partial charge is 0.444 e. The minimum absolute atomic E-state index is 0.0975. The molecule has 9 heteroatoms. The molecule has 0 aliphatic carbocycles. The SMILES string of the molecule is O=C1CCC(N2C(=O)c3cccc(NCCCNCC[OH2+])c3C2=O)C(=O)N1. The van der Waals surface area contributed by atoms with Crippen molar-refractivity contribution in [2.75, 3.05) is 31.6 Å². The molecule has 1 fully saturated rings. The highest BCUT2D eigenvalue weighted by Gasteiger charge is 2.45. The highest BCUT2D eigenvalue weighted by Crippen LogP contribution is 2.32. The van der Waals surface area contributed by atoms with Crippen molar-refractivity contribution in [2.24, 2.45) is 0 Å². The van der Waals surface area contributed by atoms with Crippen LogP contribution in [-0.4, -0.2) is 65.9 Å². The normalized spacial score (nSPS) is 19.3. The van der Waals surface area contributed by atoms with Gasteiger partial charge in [0.2, 0.25) is 11.8 Å². The van der Waals surface area contributed by atoms with E-state index in [0.29, 0.717) is 25.4 Å². The van der Waals surface area contributed by atoms with Crippen molar-refractivity contribution in [3.63, 3.8) is 0 Å². The molecule has 2 aliphatic rings. The lowest BCUT2D eigenvalue weighted by Crippen LogP contribution is -2.54. The molecule has 0 radical (unpaired) electrons. The smallest absolute Gasteiger partial charge is 0.264 e. The molecule has 1 saturated heterocycles. The number of amides is 4. The van der Waals surface area contributed by atoms with Crippen molar-refractivity contribution in [3.05, 3.63) is 29.3 Å². The summed E-state index contributed by atoms with van der Waals surface area (Å²) in [6, 6.07) is 4.04. The van der Waals surface area contributed by atoms with E-state index in [1.807, 2.05) is 0 Å². The van der Waals surface area contributed by atoms with E-state index in [0.717, 1.165) is 17.9 Å². The molecular weight excluding hydrogens is 352 g/mol. The highest BCUT2D eigenvalue weighted by molar-refractivity contribution is 6.25. The number of piperidine rings is 1. The van der Waals surface area contributed by atoms with Crippen LogP contribution in [-0.2, 0) is 9.59 Å². The Bertz CT molecular complexity index is 779. The topological polar surface area (TPSA) is 131 Å². The molecule has 1 aromatic carbocycles. The number of anilines is 1. The fourth-order valence-electron chi connectivity index (χ4n) is 3.31. The van der Waals surface area contributed by atoms with E-state index in [-0.39, 0.29) is 24.0 Å². The summed E-state index contributed by atoms with van der Waals surface area (Å²) in [5, 5.41) is 15.6. The van der Waals surface area contributed by atoms with Gasteiger partial charge in [0.1, 0.15) is 6.04 Å². The van der Waals surface area contributed by atoms with E-state index in [9.17, 15) is 19.2 Å². The molecular formula is C18H23N4O5+. The fourth-order valence-corrected chi connectivity index (χ4v) is 3.31. The van der Waals surface area contributed by atoms with E-state index < -0.39 is 29.7 Å². The van der Waals surface area contributed by atoms with E-state index in [1.54, 1.807) is 18.2 Å². The van der Waals surface area contributed by atoms with Gasteiger partial charge in [-0.2, -0.15) is 0 Å². The van der Waals surface area contributed by atoms with Gasteiger partial charge in [-0.3, -0.25) is 29.4 Å². The molecule has 0 bridgehead atoms. The first-order chi connectivity index (χ1) is 13.0. The first-order valence-corrected chi connectivity index (χ1v) is 8.98. The van der Waals surface area contributed by atoms with E-state index in [4.69, 9.17) is 5.11 Å². The zero-order chi connectivity index (χ0) is 19.4. The van der Waals surface area contributed by atoms with Crippen LogP contribution in [0.3, 0.4) is 0 Å². The summed E-state index contributed by atoms with van der Waals surface area (Å²) in [5.74, 6) is -2.03. The average Bonchev–Trinajstić information content (AvgIpc) is 2.90. The molecule has 1 atom stereocenters. The van der Waals surface area contributed by atoms with Crippen molar-refractivity contribution in [1.29, 1.82) is 0 Å². The Balaban J connectivity index is 1.72. The summed E-state index contributed by atoms with van der Waals surface area (Å²) < 4.78 is 0. The Morgan fingerprint density at radius 3 is 2.67 bits per heavy atom. The van der Waals surface area contributed by atoms with Gasteiger partial charge in [0.15, 0.2) is 6.61 Å². The molecule has 0 aromatic heterocycles. The Hall–Kier alpha value is -2.78. The molecule has 1 aromatic rings. The van der Waals surface area contributed by atoms with Crippen LogP contribution in [0.5, 0.6) is 0 Å². The van der Waals surface area contributed by atoms with Crippen LogP contribution in [0.15, 0.2) is 18.2 Å². The summed E-state index contributed by atoms with van der Waals surface area (Å²) in [6.45, 7) is 2.30. The van der Waals surface area contributed by atoms with Crippen molar-refractivity contribution >= 4 is 29.3 Å². The van der Waals surface area contributed by atoms with Crippen molar-refractivity contribution in [3.8, 4) is 0 Å². The maximum atomic E-state index is 12.9. The van der Waals surface area contributed by atoms with Gasteiger partial charge in [0.25, 0.3) is 11.8 Å². The lowest BCUT2D eigenvalue weighted by atomic mass is 10.0. The number of fused-ring (bicyclic) bond motifs is 1. The molecule has 2 aliphatic heterocycles. The second kappa shape index (κ2) is 8.28. The Morgan fingerprint density at radius 2 is 1.93 bits per heavy atom. The van der Waals surface area contributed by atoms with Crippen LogP contribution in [0.25, 0.3) is 0 Å². The second-order valence-electron chi connectivity index (χ2n) is 6.46. The monoisotopic (exact) mass is 375 g/mol. The molecule has 3 rings (SSSR count). The second-order valence-corrected chi connectivity index (χ2v) is 6.46. The number of benzene rings is 1. The highest BCUT2D eigenvalue weighted by atomic mass is 16.3. The molecule has 1 unspecified atom stereocenters. The van der Waals surface area contributed by atoms with E-state index in [1.165, 1.54) is 0 Å². The molecule has 2 heterocycles. The summed E-state index contributed by atoms with van der Waals surface area (Å²) in [5.41, 5.74) is 1.09. The minimum Gasteiger partial charge on any atom is -0.444 e. The van der Waals surface area contributed by atoms with Crippen LogP contribution in [0, 0.1) is 0 Å². The molecule has 4 amide bonds. The number of nitrogens with zero attached hydrogens (tertiary/aromatic N) is 1. The van der Waals surface area contributed by atoms with Crippen molar-refractivity contribution in [2.45, 2.75) is 25.3 Å². The predicted octanol–water partition coefficient (Wildman–Crippen LogP) is -0.796. The minimum atomic E-state index is -0.961. The average molecular weight is 375 g/mol. The summed E-state index contributed by atoms with van der Waals surface area (Å²) in [7, 11) is 0. The predicted molar refractivity (Wildman–Crippen MR) is 97.6 cm³/mol. The van der Waals surface area contributed by atoms with Crippen molar-refractivity contribution < 1.29 is 24.3 Å². The lowest BCUT2D eigenvalue weighted by molar-refractivity contribution is -0.136. The number of nitrogens with one attached hydrogen (secondary N) is 3. The number of carbonyl (C=O) groups excluding carboxylic acids is 4. The zero-order valence-electron chi connectivity index (χ0n) is 14.8. The number of rotatable bonds is 8. The molecule has 0 saturated carbocycles. The molecule has 144 valence electrons. The van der Waals surface area contributed by atoms with Gasteiger partial charge in [-0.15, -0.1) is 0 Å². The molecule has 5 N–H and O–H groups in total. The molecule has 27 heavy (non-hydrogen) atoms. The third kappa shape index (κ3) is 3.83. The maximum absolute atomic E-state index is 12.9. The Kier molecular flexibility index (Phi) is 5.82. The third-order valence-corrected chi connectivity index (χ3v) is 4.62. The van der Waals surface area contributed by atoms with Gasteiger partial charge in [-0.25, -0.2) is 0 Å². The summed E-state index contributed by atoms with van der Waals surface area (Å²) in [4.78, 5) is 50.0. The van der Waals surface area contributed by atoms with Crippen LogP contribution in [0.4, 0.5) is 5.69 Å². The lowest BCUT2D eigenvalue weighted by Gasteiger charge is -2.27. The van der Waals surface area contributed by atoms with Gasteiger partial charge in [0, 0.05) is 18.7 Å². The van der Waals surface area contributed by atoms with Crippen LogP contribution in [0.2, 0.25) is 0 Å². The van der Waals surface area contributed by atoms with Crippen LogP contribution in [0.1, 0.15) is 40.0 Å². The fraction of sp³-hybridized carbons (Fsp3) is 0.444. The number of carbonyl (C=O) groups is 4. The van der Waals surface area contributed by atoms with Gasteiger partial charge in [-0.05, 0) is 31.5 Å². The zero-order valence-corrected chi connectivity index (χ0v) is 14.8.